The largest absolute Gasteiger partial charge is 0.319 e. The predicted molar refractivity (Wildman–Crippen MR) is 54.9 cm³/mol. The third-order valence-electron chi connectivity index (χ3n) is 3.42. The number of hydrogen-bond donors (Lipinski definition) is 2. The first-order valence-electron chi connectivity index (χ1n) is 5.49. The zero-order valence-electron chi connectivity index (χ0n) is 8.55. The Kier molecular flexibility index (Phi) is 3.19. The fourth-order valence-electron chi connectivity index (χ4n) is 2.34. The molecule has 0 bridgehead atoms. The monoisotopic (exact) mass is 183 g/mol. The van der Waals surface area contributed by atoms with Gasteiger partial charge in [0.25, 0.3) is 0 Å². The smallest absolute Gasteiger partial charge is 0.0345 e. The molecule has 3 heteroatoms. The Bertz CT molecular complexity index is 148. The lowest BCUT2D eigenvalue weighted by Crippen LogP contribution is -2.58. The van der Waals surface area contributed by atoms with Crippen molar-refractivity contribution in [1.29, 1.82) is 0 Å². The molecule has 0 aliphatic carbocycles. The first-order chi connectivity index (χ1) is 6.40. The van der Waals surface area contributed by atoms with Gasteiger partial charge in [0.2, 0.25) is 0 Å². The van der Waals surface area contributed by atoms with E-state index < -0.39 is 0 Å². The number of hydrogen-bond acceptors (Lipinski definition) is 3. The van der Waals surface area contributed by atoms with Crippen LogP contribution in [0.25, 0.3) is 0 Å². The second-order valence-corrected chi connectivity index (χ2v) is 4.35. The Hall–Kier alpha value is -0.120. The molecule has 2 saturated heterocycles. The van der Waals surface area contributed by atoms with Crippen molar-refractivity contribution < 1.29 is 0 Å². The Labute approximate surface area is 80.9 Å². The second-order valence-electron chi connectivity index (χ2n) is 4.35. The number of likely N-dealkylation sites (tertiary alicyclic amines) is 1. The molecule has 0 amide bonds. The normalized spacial score (nSPS) is 27.5. The molecule has 0 atom stereocenters. The molecule has 2 aliphatic heterocycles. The summed E-state index contributed by atoms with van der Waals surface area (Å²) in [5.74, 6) is 0.925. The Morgan fingerprint density at radius 1 is 1.31 bits per heavy atom. The van der Waals surface area contributed by atoms with Crippen LogP contribution < -0.4 is 10.6 Å². The predicted octanol–water partition coefficient (Wildman–Crippen LogP) is -0.110. The van der Waals surface area contributed by atoms with Gasteiger partial charge in [-0.2, -0.15) is 0 Å². The molecule has 0 radical (unpaired) electrons. The minimum absolute atomic E-state index is 0.857. The molecule has 0 aromatic rings. The molecule has 0 saturated carbocycles. The van der Waals surface area contributed by atoms with Crippen molar-refractivity contribution in [2.24, 2.45) is 5.92 Å². The molecular formula is C10H21N3. The second kappa shape index (κ2) is 4.40. The average Bonchev–Trinajstić information content (AvgIpc) is 2.06. The van der Waals surface area contributed by atoms with E-state index >= 15 is 0 Å². The van der Waals surface area contributed by atoms with E-state index in [1.165, 1.54) is 45.6 Å². The van der Waals surface area contributed by atoms with Crippen molar-refractivity contribution in [3.05, 3.63) is 0 Å². The SMILES string of the molecule is CNCC1CCN(C2CNC2)CC1. The first kappa shape index (κ1) is 9.44. The van der Waals surface area contributed by atoms with Gasteiger partial charge in [-0.1, -0.05) is 0 Å². The van der Waals surface area contributed by atoms with Gasteiger partial charge in [-0.25, -0.2) is 0 Å². The van der Waals surface area contributed by atoms with E-state index in [0.717, 1.165) is 12.0 Å². The maximum absolute atomic E-state index is 3.34. The molecule has 0 unspecified atom stereocenters. The summed E-state index contributed by atoms with van der Waals surface area (Å²) in [4.78, 5) is 2.66. The molecule has 0 aromatic carbocycles. The topological polar surface area (TPSA) is 27.3 Å². The van der Waals surface area contributed by atoms with Crippen LogP contribution in [-0.4, -0.2) is 50.7 Å². The summed E-state index contributed by atoms with van der Waals surface area (Å²) in [5, 5.41) is 6.62. The van der Waals surface area contributed by atoms with E-state index in [1.54, 1.807) is 0 Å². The van der Waals surface area contributed by atoms with Crippen LogP contribution in [0.5, 0.6) is 0 Å². The van der Waals surface area contributed by atoms with Crippen LogP contribution in [0.1, 0.15) is 12.8 Å². The van der Waals surface area contributed by atoms with Crippen LogP contribution in [0.3, 0.4) is 0 Å². The lowest BCUT2D eigenvalue weighted by Gasteiger charge is -2.42. The maximum atomic E-state index is 3.34. The van der Waals surface area contributed by atoms with Gasteiger partial charge in [0.05, 0.1) is 0 Å². The lowest BCUT2D eigenvalue weighted by atomic mass is 9.95. The van der Waals surface area contributed by atoms with Gasteiger partial charge >= 0.3 is 0 Å². The number of rotatable bonds is 3. The molecule has 3 nitrogen and oxygen atoms in total. The molecule has 76 valence electrons. The highest BCUT2D eigenvalue weighted by molar-refractivity contribution is 4.87. The Balaban J connectivity index is 1.69. The van der Waals surface area contributed by atoms with Crippen LogP contribution in [0.2, 0.25) is 0 Å². The van der Waals surface area contributed by atoms with Gasteiger partial charge in [-0.05, 0) is 45.4 Å². The van der Waals surface area contributed by atoms with Crippen LogP contribution in [0, 0.1) is 5.92 Å². The minimum Gasteiger partial charge on any atom is -0.319 e. The average molecular weight is 183 g/mol. The van der Waals surface area contributed by atoms with Crippen molar-refractivity contribution in [2.75, 3.05) is 39.8 Å². The highest BCUT2D eigenvalue weighted by atomic mass is 15.2. The number of nitrogens with one attached hydrogen (secondary N) is 2. The van der Waals surface area contributed by atoms with Crippen molar-refractivity contribution in [1.82, 2.24) is 15.5 Å². The number of piperidine rings is 1. The highest BCUT2D eigenvalue weighted by Gasteiger charge is 2.27. The molecule has 2 N–H and O–H groups in total. The molecule has 0 aromatic heterocycles. The van der Waals surface area contributed by atoms with E-state index in [4.69, 9.17) is 0 Å². The van der Waals surface area contributed by atoms with Gasteiger partial charge in [-0.3, -0.25) is 4.90 Å². The molecule has 0 spiro atoms. The Morgan fingerprint density at radius 2 is 2.00 bits per heavy atom. The molecule has 13 heavy (non-hydrogen) atoms. The van der Waals surface area contributed by atoms with Gasteiger partial charge in [-0.15, -0.1) is 0 Å². The Morgan fingerprint density at radius 3 is 2.46 bits per heavy atom. The van der Waals surface area contributed by atoms with Gasteiger partial charge < -0.3 is 10.6 Å². The van der Waals surface area contributed by atoms with E-state index in [2.05, 4.69) is 22.6 Å². The van der Waals surface area contributed by atoms with E-state index in [0.29, 0.717) is 0 Å². The first-order valence-corrected chi connectivity index (χ1v) is 5.49. The van der Waals surface area contributed by atoms with E-state index in [1.807, 2.05) is 0 Å². The lowest BCUT2D eigenvalue weighted by molar-refractivity contribution is 0.0989. The van der Waals surface area contributed by atoms with Gasteiger partial charge in [0, 0.05) is 19.1 Å². The van der Waals surface area contributed by atoms with E-state index in [-0.39, 0.29) is 0 Å². The number of nitrogens with zero attached hydrogens (tertiary/aromatic N) is 1. The quantitative estimate of drug-likeness (QED) is 0.639. The van der Waals surface area contributed by atoms with Crippen LogP contribution in [0.15, 0.2) is 0 Å². The summed E-state index contributed by atoms with van der Waals surface area (Å²) < 4.78 is 0. The summed E-state index contributed by atoms with van der Waals surface area (Å²) in [6, 6.07) is 0.857. The van der Waals surface area contributed by atoms with Gasteiger partial charge in [0.15, 0.2) is 0 Å². The third-order valence-corrected chi connectivity index (χ3v) is 3.42. The van der Waals surface area contributed by atoms with Crippen molar-refractivity contribution in [3.63, 3.8) is 0 Å². The van der Waals surface area contributed by atoms with Crippen molar-refractivity contribution in [3.8, 4) is 0 Å². The minimum atomic E-state index is 0.857. The summed E-state index contributed by atoms with van der Waals surface area (Å²) in [7, 11) is 2.06. The zero-order chi connectivity index (χ0) is 9.10. The molecular weight excluding hydrogens is 162 g/mol. The maximum Gasteiger partial charge on any atom is 0.0345 e. The molecule has 2 aliphatic rings. The summed E-state index contributed by atoms with van der Waals surface area (Å²) in [6.45, 7) is 6.28. The fourth-order valence-corrected chi connectivity index (χ4v) is 2.34. The molecule has 2 rings (SSSR count). The van der Waals surface area contributed by atoms with Crippen LogP contribution >= 0.6 is 0 Å². The molecule has 2 fully saturated rings. The molecule has 2 heterocycles. The van der Waals surface area contributed by atoms with Crippen molar-refractivity contribution in [2.45, 2.75) is 18.9 Å². The fraction of sp³-hybridized carbons (Fsp3) is 1.00. The summed E-state index contributed by atoms with van der Waals surface area (Å²) in [6.07, 6.45) is 2.77. The van der Waals surface area contributed by atoms with Crippen LogP contribution in [0.4, 0.5) is 0 Å². The van der Waals surface area contributed by atoms with Crippen molar-refractivity contribution >= 4 is 0 Å². The van der Waals surface area contributed by atoms with Crippen LogP contribution in [-0.2, 0) is 0 Å². The van der Waals surface area contributed by atoms with E-state index in [9.17, 15) is 0 Å². The standard InChI is InChI=1S/C10H21N3/c1-11-6-9-2-4-13(5-3-9)10-7-12-8-10/h9-12H,2-8H2,1H3. The summed E-state index contributed by atoms with van der Waals surface area (Å²) >= 11 is 0. The highest BCUT2D eigenvalue weighted by Crippen LogP contribution is 2.19. The summed E-state index contributed by atoms with van der Waals surface area (Å²) in [5.41, 5.74) is 0. The van der Waals surface area contributed by atoms with Gasteiger partial charge in [0.1, 0.15) is 0 Å². The third kappa shape index (κ3) is 2.22. The zero-order valence-corrected chi connectivity index (χ0v) is 8.55.